The predicted molar refractivity (Wildman–Crippen MR) is 70.2 cm³/mol. The number of para-hydroxylation sites is 1. The van der Waals surface area contributed by atoms with Gasteiger partial charge in [0.05, 0.1) is 12.4 Å². The molecule has 0 aliphatic rings. The Morgan fingerprint density at radius 1 is 1.33 bits per heavy atom. The number of anilines is 2. The highest BCUT2D eigenvalue weighted by Crippen LogP contribution is 2.16. The Morgan fingerprint density at radius 3 is 2.83 bits per heavy atom. The van der Waals surface area contributed by atoms with Crippen LogP contribution in [-0.4, -0.2) is 15.9 Å². The molecule has 3 N–H and O–H groups in total. The Balaban J connectivity index is 2.21. The van der Waals surface area contributed by atoms with Gasteiger partial charge < -0.3 is 11.1 Å². The maximum atomic E-state index is 12.0. The predicted octanol–water partition coefficient (Wildman–Crippen LogP) is 1.87. The number of carbonyl (C=O) groups excluding carboxylic acids is 1. The number of aryl methyl sites for hydroxylation is 1. The maximum Gasteiger partial charge on any atom is 0.275 e. The number of nitrogen functional groups attached to an aromatic ring is 1. The summed E-state index contributed by atoms with van der Waals surface area (Å²) in [6.07, 6.45) is 3.64. The molecule has 92 valence electrons. The average Bonchev–Trinajstić information content (AvgIpc) is 2.39. The van der Waals surface area contributed by atoms with Crippen LogP contribution in [0.1, 0.15) is 23.0 Å². The summed E-state index contributed by atoms with van der Waals surface area (Å²) in [4.78, 5) is 19.7. The summed E-state index contributed by atoms with van der Waals surface area (Å²) in [5.41, 5.74) is 7.56. The van der Waals surface area contributed by atoms with Gasteiger partial charge >= 0.3 is 0 Å². The van der Waals surface area contributed by atoms with Crippen LogP contribution in [0, 0.1) is 0 Å². The van der Waals surface area contributed by atoms with Crippen LogP contribution in [0.15, 0.2) is 36.7 Å². The van der Waals surface area contributed by atoms with Gasteiger partial charge in [0.25, 0.3) is 5.91 Å². The van der Waals surface area contributed by atoms with Gasteiger partial charge in [0.1, 0.15) is 11.5 Å². The lowest BCUT2D eigenvalue weighted by Crippen LogP contribution is -2.15. The van der Waals surface area contributed by atoms with E-state index in [-0.39, 0.29) is 17.4 Å². The molecule has 1 amide bonds. The zero-order valence-corrected chi connectivity index (χ0v) is 10.1. The molecule has 0 bridgehead atoms. The molecule has 1 heterocycles. The fraction of sp³-hybridized carbons (Fsp3) is 0.154. The van der Waals surface area contributed by atoms with E-state index in [4.69, 9.17) is 5.73 Å². The average molecular weight is 242 g/mol. The molecular weight excluding hydrogens is 228 g/mol. The van der Waals surface area contributed by atoms with Crippen molar-refractivity contribution in [2.24, 2.45) is 0 Å². The van der Waals surface area contributed by atoms with E-state index in [1.54, 1.807) is 0 Å². The lowest BCUT2D eigenvalue weighted by atomic mass is 10.1. The van der Waals surface area contributed by atoms with Gasteiger partial charge in [-0.25, -0.2) is 4.98 Å². The third kappa shape index (κ3) is 2.63. The van der Waals surface area contributed by atoms with E-state index in [2.05, 4.69) is 15.3 Å². The molecule has 18 heavy (non-hydrogen) atoms. The molecule has 0 aliphatic heterocycles. The highest BCUT2D eigenvalue weighted by Gasteiger charge is 2.10. The monoisotopic (exact) mass is 242 g/mol. The lowest BCUT2D eigenvalue weighted by Gasteiger charge is -2.09. The molecular formula is C13H14N4O. The second-order valence-corrected chi connectivity index (χ2v) is 3.79. The van der Waals surface area contributed by atoms with Crippen molar-refractivity contribution in [3.8, 4) is 0 Å². The Morgan fingerprint density at radius 2 is 2.11 bits per heavy atom. The van der Waals surface area contributed by atoms with Crippen LogP contribution in [0.2, 0.25) is 0 Å². The van der Waals surface area contributed by atoms with Gasteiger partial charge in [-0.15, -0.1) is 0 Å². The van der Waals surface area contributed by atoms with Crippen molar-refractivity contribution in [3.05, 3.63) is 47.9 Å². The first-order valence-electron chi connectivity index (χ1n) is 5.67. The van der Waals surface area contributed by atoms with Gasteiger partial charge in [-0.05, 0) is 18.1 Å². The van der Waals surface area contributed by atoms with Gasteiger partial charge in [-0.1, -0.05) is 25.1 Å². The van der Waals surface area contributed by atoms with Gasteiger partial charge in [0.15, 0.2) is 0 Å². The SMILES string of the molecule is CCc1ccccc1NC(=O)c1cncc(N)n1. The van der Waals surface area contributed by atoms with E-state index in [9.17, 15) is 4.79 Å². The Bertz CT molecular complexity index is 568. The third-order valence-electron chi connectivity index (χ3n) is 2.53. The first-order valence-corrected chi connectivity index (χ1v) is 5.67. The molecule has 5 nitrogen and oxygen atoms in total. The number of benzene rings is 1. The summed E-state index contributed by atoms with van der Waals surface area (Å²) in [6.45, 7) is 2.03. The molecule has 5 heteroatoms. The number of nitrogens with two attached hydrogens (primary N) is 1. The molecule has 0 fully saturated rings. The number of nitrogens with one attached hydrogen (secondary N) is 1. The van der Waals surface area contributed by atoms with Crippen molar-refractivity contribution in [3.63, 3.8) is 0 Å². The maximum absolute atomic E-state index is 12.0. The van der Waals surface area contributed by atoms with E-state index in [1.807, 2.05) is 31.2 Å². The van der Waals surface area contributed by atoms with Gasteiger partial charge in [0, 0.05) is 5.69 Å². The van der Waals surface area contributed by atoms with Crippen molar-refractivity contribution in [1.29, 1.82) is 0 Å². The van der Waals surface area contributed by atoms with Gasteiger partial charge in [0.2, 0.25) is 0 Å². The highest BCUT2D eigenvalue weighted by molar-refractivity contribution is 6.03. The zero-order chi connectivity index (χ0) is 13.0. The van der Waals surface area contributed by atoms with Gasteiger partial charge in [-0.2, -0.15) is 0 Å². The topological polar surface area (TPSA) is 80.9 Å². The van der Waals surface area contributed by atoms with Crippen LogP contribution in [0.5, 0.6) is 0 Å². The second kappa shape index (κ2) is 5.27. The smallest absolute Gasteiger partial charge is 0.275 e. The summed E-state index contributed by atoms with van der Waals surface area (Å²) >= 11 is 0. The number of hydrogen-bond acceptors (Lipinski definition) is 4. The van der Waals surface area contributed by atoms with E-state index in [0.29, 0.717) is 0 Å². The van der Waals surface area contributed by atoms with E-state index in [1.165, 1.54) is 12.4 Å². The van der Waals surface area contributed by atoms with E-state index < -0.39 is 0 Å². The molecule has 0 radical (unpaired) electrons. The summed E-state index contributed by atoms with van der Waals surface area (Å²) in [6, 6.07) is 7.64. The quantitative estimate of drug-likeness (QED) is 0.861. The molecule has 1 aromatic carbocycles. The number of carbonyl (C=O) groups is 1. The molecule has 0 spiro atoms. The van der Waals surface area contributed by atoms with Crippen molar-refractivity contribution in [2.45, 2.75) is 13.3 Å². The number of amides is 1. The first kappa shape index (κ1) is 12.0. The molecule has 2 rings (SSSR count). The minimum Gasteiger partial charge on any atom is -0.382 e. The number of hydrogen-bond donors (Lipinski definition) is 2. The molecule has 0 aliphatic carbocycles. The van der Waals surface area contributed by atoms with E-state index in [0.717, 1.165) is 17.7 Å². The second-order valence-electron chi connectivity index (χ2n) is 3.79. The van der Waals surface area contributed by atoms with Crippen molar-refractivity contribution < 1.29 is 4.79 Å². The summed E-state index contributed by atoms with van der Waals surface area (Å²) in [5, 5.41) is 2.81. The molecule has 0 atom stereocenters. The van der Waals surface area contributed by atoms with Gasteiger partial charge in [-0.3, -0.25) is 9.78 Å². The fourth-order valence-electron chi connectivity index (χ4n) is 1.63. The van der Waals surface area contributed by atoms with Crippen LogP contribution in [0.3, 0.4) is 0 Å². The third-order valence-corrected chi connectivity index (χ3v) is 2.53. The van der Waals surface area contributed by atoms with Crippen molar-refractivity contribution >= 4 is 17.4 Å². The number of rotatable bonds is 3. The standard InChI is InChI=1S/C13H14N4O/c1-2-9-5-3-4-6-10(9)17-13(18)11-7-15-8-12(14)16-11/h3-8H,2H2,1H3,(H2,14,16)(H,17,18). The largest absolute Gasteiger partial charge is 0.382 e. The summed E-state index contributed by atoms with van der Waals surface area (Å²) in [5.74, 6) is -0.0814. The zero-order valence-electron chi connectivity index (χ0n) is 10.1. The number of nitrogens with zero attached hydrogens (tertiary/aromatic N) is 2. The Kier molecular flexibility index (Phi) is 3.52. The molecule has 1 aromatic heterocycles. The fourth-order valence-corrected chi connectivity index (χ4v) is 1.63. The van der Waals surface area contributed by atoms with Crippen molar-refractivity contribution in [2.75, 3.05) is 11.1 Å². The minimum absolute atomic E-state index is 0.209. The summed E-state index contributed by atoms with van der Waals surface area (Å²) < 4.78 is 0. The molecule has 0 unspecified atom stereocenters. The van der Waals surface area contributed by atoms with Crippen LogP contribution in [0.25, 0.3) is 0 Å². The molecule has 0 saturated heterocycles. The summed E-state index contributed by atoms with van der Waals surface area (Å²) in [7, 11) is 0. The van der Waals surface area contributed by atoms with E-state index >= 15 is 0 Å². The minimum atomic E-state index is -0.310. The first-order chi connectivity index (χ1) is 8.70. The highest BCUT2D eigenvalue weighted by atomic mass is 16.1. The van der Waals surface area contributed by atoms with Crippen molar-refractivity contribution in [1.82, 2.24) is 9.97 Å². The van der Waals surface area contributed by atoms with Crippen LogP contribution < -0.4 is 11.1 Å². The Labute approximate surface area is 105 Å². The molecule has 2 aromatic rings. The van der Waals surface area contributed by atoms with Crippen LogP contribution in [-0.2, 0) is 6.42 Å². The number of aromatic nitrogens is 2. The normalized spacial score (nSPS) is 10.1. The van der Waals surface area contributed by atoms with Crippen LogP contribution in [0.4, 0.5) is 11.5 Å². The van der Waals surface area contributed by atoms with Crippen LogP contribution >= 0.6 is 0 Å². The lowest BCUT2D eigenvalue weighted by molar-refractivity contribution is 0.102. The Hall–Kier alpha value is -2.43. The molecule has 0 saturated carbocycles.